The minimum absolute atomic E-state index is 0.0873. The molecule has 0 saturated carbocycles. The zero-order valence-corrected chi connectivity index (χ0v) is 20.7. The van der Waals surface area contributed by atoms with E-state index in [-0.39, 0.29) is 36.7 Å². The van der Waals surface area contributed by atoms with Crippen molar-refractivity contribution in [3.05, 3.63) is 88.9 Å². The highest BCUT2D eigenvalue weighted by Crippen LogP contribution is 2.27. The Morgan fingerprint density at radius 1 is 0.971 bits per heavy atom. The van der Waals surface area contributed by atoms with Gasteiger partial charge in [0.05, 0.1) is 5.92 Å². The van der Waals surface area contributed by atoms with E-state index in [2.05, 4.69) is 26.6 Å². The van der Waals surface area contributed by atoms with Crippen molar-refractivity contribution in [2.75, 3.05) is 29.9 Å². The Balaban J connectivity index is 1.23. The van der Waals surface area contributed by atoms with Crippen LogP contribution in [0.25, 0.3) is 0 Å². The van der Waals surface area contributed by atoms with Gasteiger partial charge in [-0.1, -0.05) is 46.3 Å². The van der Waals surface area contributed by atoms with Crippen LogP contribution >= 0.6 is 15.9 Å². The van der Waals surface area contributed by atoms with Crippen molar-refractivity contribution in [2.24, 2.45) is 5.92 Å². The van der Waals surface area contributed by atoms with Crippen LogP contribution in [-0.2, 0) is 20.8 Å². The van der Waals surface area contributed by atoms with E-state index in [1.54, 1.807) is 41.3 Å². The minimum Gasteiger partial charge on any atom is -0.484 e. The lowest BCUT2D eigenvalue weighted by Crippen LogP contribution is -2.34. The number of nitrogens with one attached hydrogen (secondary N) is 2. The van der Waals surface area contributed by atoms with Crippen LogP contribution in [-0.4, -0.2) is 37.4 Å². The maximum absolute atomic E-state index is 12.6. The van der Waals surface area contributed by atoms with Gasteiger partial charge in [0.15, 0.2) is 6.61 Å². The molecule has 3 aromatic carbocycles. The number of hydrogen-bond acceptors (Lipinski definition) is 4. The van der Waals surface area contributed by atoms with Crippen molar-refractivity contribution in [3.63, 3.8) is 0 Å². The lowest BCUT2D eigenvalue weighted by Gasteiger charge is -2.17. The quantitative estimate of drug-likeness (QED) is 0.430. The molecule has 0 aliphatic carbocycles. The second kappa shape index (κ2) is 11.7. The summed E-state index contributed by atoms with van der Waals surface area (Å²) in [5.74, 6) is -0.324. The largest absolute Gasteiger partial charge is 0.484 e. The predicted octanol–water partition coefficient (Wildman–Crippen LogP) is 4.18. The number of amides is 3. The van der Waals surface area contributed by atoms with Gasteiger partial charge in [0.1, 0.15) is 5.75 Å². The van der Waals surface area contributed by atoms with Crippen LogP contribution in [0.1, 0.15) is 12.0 Å². The van der Waals surface area contributed by atoms with Crippen LogP contribution in [0.2, 0.25) is 0 Å². The number of ether oxygens (including phenoxy) is 1. The number of benzene rings is 3. The van der Waals surface area contributed by atoms with E-state index in [9.17, 15) is 14.4 Å². The molecule has 4 rings (SSSR count). The zero-order valence-electron chi connectivity index (χ0n) is 19.1. The fourth-order valence-electron chi connectivity index (χ4n) is 3.85. The lowest BCUT2D eigenvalue weighted by atomic mass is 10.1. The molecule has 0 unspecified atom stereocenters. The first-order chi connectivity index (χ1) is 17.0. The summed E-state index contributed by atoms with van der Waals surface area (Å²) >= 11 is 3.35. The highest BCUT2D eigenvalue weighted by atomic mass is 79.9. The summed E-state index contributed by atoms with van der Waals surface area (Å²) < 4.78 is 6.49. The maximum atomic E-state index is 12.6. The van der Waals surface area contributed by atoms with E-state index in [0.717, 1.165) is 16.5 Å². The molecule has 8 heteroatoms. The predicted molar refractivity (Wildman–Crippen MR) is 138 cm³/mol. The van der Waals surface area contributed by atoms with Crippen molar-refractivity contribution in [2.45, 2.75) is 12.8 Å². The number of carbonyl (C=O) groups excluding carboxylic acids is 3. The highest BCUT2D eigenvalue weighted by Gasteiger charge is 2.34. The zero-order chi connectivity index (χ0) is 24.6. The molecular weight excluding hydrogens is 510 g/mol. The molecule has 1 aliphatic heterocycles. The molecule has 7 nitrogen and oxygen atoms in total. The smallest absolute Gasteiger partial charge is 0.262 e. The van der Waals surface area contributed by atoms with Gasteiger partial charge >= 0.3 is 0 Å². The third kappa shape index (κ3) is 6.93. The Morgan fingerprint density at radius 3 is 2.40 bits per heavy atom. The number of halogens is 1. The Hall–Kier alpha value is -3.65. The van der Waals surface area contributed by atoms with Crippen LogP contribution in [0.4, 0.5) is 11.4 Å². The molecule has 1 atom stereocenters. The van der Waals surface area contributed by atoms with E-state index in [4.69, 9.17) is 4.74 Å². The van der Waals surface area contributed by atoms with Crippen LogP contribution in [0.3, 0.4) is 0 Å². The first kappa shape index (κ1) is 24.5. The minimum atomic E-state index is -0.378. The number of carbonyl (C=O) groups is 3. The summed E-state index contributed by atoms with van der Waals surface area (Å²) in [4.78, 5) is 38.8. The lowest BCUT2D eigenvalue weighted by molar-refractivity contribution is -0.126. The standard InChI is InChI=1S/C27H26BrN3O4/c28-21-6-8-22(9-7-21)30-25(32)18-35-24-12-10-23(11-13-24)31-17-20(16-26(31)33)27(34)29-15-14-19-4-2-1-3-5-19/h1-13,20H,14-18H2,(H,29,34)(H,30,32)/t20-/m0/s1. The highest BCUT2D eigenvalue weighted by molar-refractivity contribution is 9.10. The van der Waals surface area contributed by atoms with Crippen LogP contribution in [0.5, 0.6) is 5.75 Å². The van der Waals surface area contributed by atoms with Crippen molar-refractivity contribution >= 4 is 45.0 Å². The van der Waals surface area contributed by atoms with Gasteiger partial charge in [0, 0.05) is 35.4 Å². The average Bonchev–Trinajstić information content (AvgIpc) is 3.27. The van der Waals surface area contributed by atoms with E-state index < -0.39 is 0 Å². The molecule has 1 saturated heterocycles. The van der Waals surface area contributed by atoms with E-state index >= 15 is 0 Å². The van der Waals surface area contributed by atoms with E-state index in [1.165, 1.54) is 0 Å². The number of nitrogens with zero attached hydrogens (tertiary/aromatic N) is 1. The Kier molecular flexibility index (Phi) is 8.15. The van der Waals surface area contributed by atoms with Gasteiger partial charge < -0.3 is 20.3 Å². The second-order valence-electron chi connectivity index (χ2n) is 8.27. The monoisotopic (exact) mass is 535 g/mol. The molecule has 180 valence electrons. The van der Waals surface area contributed by atoms with Gasteiger partial charge in [-0.25, -0.2) is 0 Å². The molecule has 3 aromatic rings. The summed E-state index contributed by atoms with van der Waals surface area (Å²) in [6, 6.07) is 24.2. The van der Waals surface area contributed by atoms with Crippen molar-refractivity contribution < 1.29 is 19.1 Å². The number of anilines is 2. The topological polar surface area (TPSA) is 87.7 Å². The molecule has 0 radical (unpaired) electrons. The first-order valence-corrected chi connectivity index (χ1v) is 12.2. The summed E-state index contributed by atoms with van der Waals surface area (Å²) in [5, 5.41) is 5.71. The molecule has 0 aromatic heterocycles. The number of rotatable bonds is 9. The molecule has 35 heavy (non-hydrogen) atoms. The van der Waals surface area contributed by atoms with Crippen LogP contribution in [0, 0.1) is 5.92 Å². The van der Waals surface area contributed by atoms with Gasteiger partial charge in [-0.3, -0.25) is 14.4 Å². The third-order valence-corrected chi connectivity index (χ3v) is 6.23. The van der Waals surface area contributed by atoms with Crippen molar-refractivity contribution in [1.82, 2.24) is 5.32 Å². The molecule has 3 amide bonds. The van der Waals surface area contributed by atoms with Gasteiger partial charge in [-0.05, 0) is 60.5 Å². The van der Waals surface area contributed by atoms with Crippen molar-refractivity contribution in [1.29, 1.82) is 0 Å². The first-order valence-electron chi connectivity index (χ1n) is 11.4. The molecular formula is C27H26BrN3O4. The van der Waals surface area contributed by atoms with E-state index in [1.807, 2.05) is 42.5 Å². The molecule has 0 bridgehead atoms. The molecule has 1 fully saturated rings. The fourth-order valence-corrected chi connectivity index (χ4v) is 4.12. The average molecular weight is 536 g/mol. The summed E-state index contributed by atoms with van der Waals surface area (Å²) in [6.45, 7) is 0.740. The second-order valence-corrected chi connectivity index (χ2v) is 9.19. The molecule has 1 heterocycles. The third-order valence-electron chi connectivity index (χ3n) is 5.70. The summed E-state index contributed by atoms with van der Waals surface area (Å²) in [6.07, 6.45) is 0.936. The Labute approximate surface area is 212 Å². The van der Waals surface area contributed by atoms with Crippen molar-refractivity contribution in [3.8, 4) is 5.75 Å². The fraction of sp³-hybridized carbons (Fsp3) is 0.222. The number of hydrogen-bond donors (Lipinski definition) is 2. The van der Waals surface area contributed by atoms with Crippen LogP contribution in [0.15, 0.2) is 83.3 Å². The normalized spacial score (nSPS) is 15.1. The van der Waals surface area contributed by atoms with Gasteiger partial charge in [0.25, 0.3) is 5.91 Å². The molecule has 0 spiro atoms. The van der Waals surface area contributed by atoms with Gasteiger partial charge in [-0.15, -0.1) is 0 Å². The SMILES string of the molecule is O=C(COc1ccc(N2C[C@@H](C(=O)NCCc3ccccc3)CC2=O)cc1)Nc1ccc(Br)cc1. The summed E-state index contributed by atoms with van der Waals surface area (Å²) in [7, 11) is 0. The summed E-state index contributed by atoms with van der Waals surface area (Å²) in [5.41, 5.74) is 2.54. The maximum Gasteiger partial charge on any atom is 0.262 e. The van der Waals surface area contributed by atoms with E-state index in [0.29, 0.717) is 30.2 Å². The Bertz CT molecular complexity index is 1170. The Morgan fingerprint density at radius 2 is 1.69 bits per heavy atom. The van der Waals surface area contributed by atoms with Crippen LogP contribution < -0.4 is 20.3 Å². The van der Waals surface area contributed by atoms with Gasteiger partial charge in [-0.2, -0.15) is 0 Å². The molecule has 1 aliphatic rings. The van der Waals surface area contributed by atoms with Gasteiger partial charge in [0.2, 0.25) is 11.8 Å². The molecule has 2 N–H and O–H groups in total.